The topological polar surface area (TPSA) is 12.0 Å². The van der Waals surface area contributed by atoms with Gasteiger partial charge in [-0.1, -0.05) is 58.3 Å². The molecule has 1 N–H and O–H groups in total. The van der Waals surface area contributed by atoms with E-state index < -0.39 is 0 Å². The molecule has 0 amide bonds. The zero-order chi connectivity index (χ0) is 9.78. The van der Waals surface area contributed by atoms with Crippen molar-refractivity contribution in [1.82, 2.24) is 5.32 Å². The second kappa shape index (κ2) is 12.0. The molecule has 13 heavy (non-hydrogen) atoms. The first kappa shape index (κ1) is 13.0. The minimum Gasteiger partial charge on any atom is -0.315 e. The zero-order valence-corrected chi connectivity index (χ0v) is 9.28. The molecule has 0 aliphatic heterocycles. The molecule has 0 aromatic heterocycles. The van der Waals surface area contributed by atoms with Gasteiger partial charge in [-0.2, -0.15) is 0 Å². The van der Waals surface area contributed by atoms with Crippen molar-refractivity contribution in [1.29, 1.82) is 0 Å². The Balaban J connectivity index is 2.76. The van der Waals surface area contributed by atoms with Gasteiger partial charge in [0.25, 0.3) is 0 Å². The smallest absolute Gasteiger partial charge is 0.00767 e. The van der Waals surface area contributed by atoms with Gasteiger partial charge in [0.05, 0.1) is 0 Å². The summed E-state index contributed by atoms with van der Waals surface area (Å²) in [6.07, 6.45) is 12.6. The Kier molecular flexibility index (Phi) is 11.9. The van der Waals surface area contributed by atoms with E-state index in [4.69, 9.17) is 0 Å². The summed E-state index contributed by atoms with van der Waals surface area (Å²) in [5.74, 6) is 0. The van der Waals surface area contributed by atoms with Crippen LogP contribution in [-0.4, -0.2) is 6.54 Å². The van der Waals surface area contributed by atoms with Crippen molar-refractivity contribution < 1.29 is 0 Å². The molecule has 0 bridgehead atoms. The lowest BCUT2D eigenvalue weighted by Gasteiger charge is -2.01. The summed E-state index contributed by atoms with van der Waals surface area (Å²) < 4.78 is 0. The van der Waals surface area contributed by atoms with E-state index in [9.17, 15) is 0 Å². The van der Waals surface area contributed by atoms with E-state index >= 15 is 0 Å². The average molecular weight is 184 g/mol. The van der Waals surface area contributed by atoms with Gasteiger partial charge in [-0.25, -0.2) is 0 Å². The van der Waals surface area contributed by atoms with Gasteiger partial charge < -0.3 is 5.32 Å². The van der Waals surface area contributed by atoms with Gasteiger partial charge in [0.1, 0.15) is 0 Å². The standard InChI is InChI=1S/C12H26N/c1-3-4-5-6-7-8-9-10-11-12-13-2/h13H,2-12H2,1H3. The summed E-state index contributed by atoms with van der Waals surface area (Å²) in [4.78, 5) is 0. The third-order valence-electron chi connectivity index (χ3n) is 2.46. The molecule has 0 aromatic carbocycles. The predicted octanol–water partition coefficient (Wildman–Crippen LogP) is 3.90. The summed E-state index contributed by atoms with van der Waals surface area (Å²) >= 11 is 0. The normalized spacial score (nSPS) is 10.6. The van der Waals surface area contributed by atoms with Gasteiger partial charge in [-0.3, -0.25) is 0 Å². The molecule has 0 heterocycles. The van der Waals surface area contributed by atoms with Crippen molar-refractivity contribution in [2.75, 3.05) is 6.54 Å². The number of rotatable bonds is 10. The number of nitrogens with one attached hydrogen (secondary N) is 1. The van der Waals surface area contributed by atoms with Crippen LogP contribution in [0.3, 0.4) is 0 Å². The Hall–Kier alpha value is -0.0400. The lowest BCUT2D eigenvalue weighted by Crippen LogP contribution is -2.03. The Labute approximate surface area is 84.3 Å². The van der Waals surface area contributed by atoms with Crippen molar-refractivity contribution in [2.45, 2.75) is 64.7 Å². The Morgan fingerprint density at radius 1 is 0.769 bits per heavy atom. The molecule has 0 saturated heterocycles. The van der Waals surface area contributed by atoms with Gasteiger partial charge >= 0.3 is 0 Å². The molecule has 0 aliphatic carbocycles. The maximum atomic E-state index is 3.60. The maximum Gasteiger partial charge on any atom is 0.00767 e. The van der Waals surface area contributed by atoms with Crippen molar-refractivity contribution in [3.05, 3.63) is 7.05 Å². The van der Waals surface area contributed by atoms with Gasteiger partial charge in [-0.05, 0) is 13.0 Å². The summed E-state index contributed by atoms with van der Waals surface area (Å²) in [6, 6.07) is 0. The molecule has 0 aromatic rings. The highest BCUT2D eigenvalue weighted by molar-refractivity contribution is 4.48. The maximum absolute atomic E-state index is 3.60. The van der Waals surface area contributed by atoms with Crippen LogP contribution in [0.15, 0.2) is 0 Å². The zero-order valence-electron chi connectivity index (χ0n) is 9.28. The quantitative estimate of drug-likeness (QED) is 0.508. The van der Waals surface area contributed by atoms with E-state index in [0.717, 1.165) is 6.54 Å². The number of hydrogen-bond acceptors (Lipinski definition) is 1. The van der Waals surface area contributed by atoms with Crippen LogP contribution in [0.25, 0.3) is 0 Å². The highest BCUT2D eigenvalue weighted by Crippen LogP contribution is 2.08. The van der Waals surface area contributed by atoms with Crippen LogP contribution in [0.4, 0.5) is 0 Å². The van der Waals surface area contributed by atoms with Crippen LogP contribution in [0.2, 0.25) is 0 Å². The average Bonchev–Trinajstić information content (AvgIpc) is 2.16. The molecule has 0 spiro atoms. The molecule has 0 saturated carbocycles. The first-order valence-corrected chi connectivity index (χ1v) is 5.91. The molecule has 0 rings (SSSR count). The van der Waals surface area contributed by atoms with Crippen molar-refractivity contribution >= 4 is 0 Å². The van der Waals surface area contributed by atoms with E-state index in [-0.39, 0.29) is 0 Å². The lowest BCUT2D eigenvalue weighted by molar-refractivity contribution is 0.561. The molecule has 0 atom stereocenters. The third-order valence-corrected chi connectivity index (χ3v) is 2.46. The molecule has 79 valence electrons. The molecule has 1 radical (unpaired) electrons. The lowest BCUT2D eigenvalue weighted by atomic mass is 10.1. The predicted molar refractivity (Wildman–Crippen MR) is 60.6 cm³/mol. The highest BCUT2D eigenvalue weighted by Gasteiger charge is 1.90. The minimum atomic E-state index is 1.08. The van der Waals surface area contributed by atoms with Crippen LogP contribution < -0.4 is 5.32 Å². The van der Waals surface area contributed by atoms with Crippen LogP contribution >= 0.6 is 0 Å². The molecular formula is C12H26N. The molecule has 0 aliphatic rings. The summed E-state index contributed by atoms with van der Waals surface area (Å²) in [6.45, 7) is 3.35. The monoisotopic (exact) mass is 184 g/mol. The Morgan fingerprint density at radius 2 is 1.23 bits per heavy atom. The molecule has 1 nitrogen and oxygen atoms in total. The van der Waals surface area contributed by atoms with Gasteiger partial charge in [0.15, 0.2) is 0 Å². The summed E-state index contributed by atoms with van der Waals surface area (Å²) in [5, 5.41) is 2.94. The molecular weight excluding hydrogens is 158 g/mol. The second-order valence-electron chi connectivity index (χ2n) is 3.83. The summed E-state index contributed by atoms with van der Waals surface area (Å²) in [5.41, 5.74) is 0. The van der Waals surface area contributed by atoms with Crippen molar-refractivity contribution in [2.24, 2.45) is 0 Å². The van der Waals surface area contributed by atoms with Gasteiger partial charge in [-0.15, -0.1) is 0 Å². The van der Waals surface area contributed by atoms with Crippen molar-refractivity contribution in [3.63, 3.8) is 0 Å². The van der Waals surface area contributed by atoms with E-state index in [1.807, 2.05) is 0 Å². The number of unbranched alkanes of at least 4 members (excludes halogenated alkanes) is 8. The highest BCUT2D eigenvalue weighted by atomic mass is 14.8. The third kappa shape index (κ3) is 12.0. The van der Waals surface area contributed by atoms with Gasteiger partial charge in [0, 0.05) is 7.05 Å². The Bertz CT molecular complexity index is 71.2. The van der Waals surface area contributed by atoms with Crippen LogP contribution in [0, 0.1) is 7.05 Å². The molecule has 0 unspecified atom stereocenters. The van der Waals surface area contributed by atoms with Crippen molar-refractivity contribution in [3.8, 4) is 0 Å². The minimum absolute atomic E-state index is 1.08. The second-order valence-corrected chi connectivity index (χ2v) is 3.83. The first-order chi connectivity index (χ1) is 6.41. The van der Waals surface area contributed by atoms with E-state index in [1.165, 1.54) is 57.8 Å². The largest absolute Gasteiger partial charge is 0.315 e. The SMILES string of the molecule is [CH2]NCCCCCCCCCCC. The van der Waals surface area contributed by atoms with E-state index in [0.29, 0.717) is 0 Å². The molecule has 0 fully saturated rings. The Morgan fingerprint density at radius 3 is 1.69 bits per heavy atom. The van der Waals surface area contributed by atoms with E-state index in [1.54, 1.807) is 0 Å². The van der Waals surface area contributed by atoms with Crippen LogP contribution in [0.5, 0.6) is 0 Å². The first-order valence-electron chi connectivity index (χ1n) is 5.91. The fraction of sp³-hybridized carbons (Fsp3) is 0.917. The fourth-order valence-corrected chi connectivity index (χ4v) is 1.56. The van der Waals surface area contributed by atoms with E-state index in [2.05, 4.69) is 19.3 Å². The van der Waals surface area contributed by atoms with Crippen LogP contribution in [0.1, 0.15) is 64.7 Å². The number of hydrogen-bond donors (Lipinski definition) is 1. The van der Waals surface area contributed by atoms with Gasteiger partial charge in [0.2, 0.25) is 0 Å². The van der Waals surface area contributed by atoms with Crippen LogP contribution in [-0.2, 0) is 0 Å². The summed E-state index contributed by atoms with van der Waals surface area (Å²) in [7, 11) is 3.60. The fourth-order valence-electron chi connectivity index (χ4n) is 1.56. The molecule has 1 heteroatoms.